The SMILES string of the molecule is COc1ccccc1CNC(=O)N1CCN2CCCC2C1. The van der Waals surface area contributed by atoms with Crippen LogP contribution >= 0.6 is 0 Å². The molecule has 114 valence electrons. The number of urea groups is 1. The molecule has 1 atom stereocenters. The summed E-state index contributed by atoms with van der Waals surface area (Å²) in [6, 6.07) is 8.39. The molecule has 0 aliphatic carbocycles. The van der Waals surface area contributed by atoms with E-state index in [4.69, 9.17) is 4.74 Å². The largest absolute Gasteiger partial charge is 0.496 e. The number of nitrogens with zero attached hydrogens (tertiary/aromatic N) is 2. The molecule has 5 nitrogen and oxygen atoms in total. The Kier molecular flexibility index (Phi) is 4.29. The van der Waals surface area contributed by atoms with Crippen LogP contribution in [0.1, 0.15) is 18.4 Å². The number of para-hydroxylation sites is 1. The van der Waals surface area contributed by atoms with Crippen LogP contribution in [0.4, 0.5) is 4.79 Å². The summed E-state index contributed by atoms with van der Waals surface area (Å²) in [5, 5.41) is 3.01. The maximum atomic E-state index is 12.3. The number of piperazine rings is 1. The molecule has 1 aromatic carbocycles. The van der Waals surface area contributed by atoms with E-state index in [0.717, 1.165) is 30.9 Å². The first-order chi connectivity index (χ1) is 10.3. The van der Waals surface area contributed by atoms with Gasteiger partial charge in [-0.25, -0.2) is 4.79 Å². The molecule has 2 fully saturated rings. The third kappa shape index (κ3) is 3.13. The van der Waals surface area contributed by atoms with Crippen LogP contribution < -0.4 is 10.1 Å². The van der Waals surface area contributed by atoms with Crippen LogP contribution in [0, 0.1) is 0 Å². The quantitative estimate of drug-likeness (QED) is 0.921. The first kappa shape index (κ1) is 14.2. The lowest BCUT2D eigenvalue weighted by molar-refractivity contribution is 0.117. The zero-order valence-corrected chi connectivity index (χ0v) is 12.5. The van der Waals surface area contributed by atoms with Gasteiger partial charge in [-0.05, 0) is 25.5 Å². The molecule has 2 amide bonds. The molecule has 2 aliphatic rings. The monoisotopic (exact) mass is 289 g/mol. The zero-order chi connectivity index (χ0) is 14.7. The second kappa shape index (κ2) is 6.35. The molecule has 0 radical (unpaired) electrons. The van der Waals surface area contributed by atoms with E-state index in [1.807, 2.05) is 29.2 Å². The van der Waals surface area contributed by atoms with Crippen molar-refractivity contribution in [3.63, 3.8) is 0 Å². The highest BCUT2D eigenvalue weighted by Gasteiger charge is 2.32. The highest BCUT2D eigenvalue weighted by atomic mass is 16.5. The third-order valence-corrected chi connectivity index (χ3v) is 4.50. The average molecular weight is 289 g/mol. The fourth-order valence-corrected chi connectivity index (χ4v) is 3.31. The lowest BCUT2D eigenvalue weighted by Gasteiger charge is -2.37. The summed E-state index contributed by atoms with van der Waals surface area (Å²) in [5.74, 6) is 0.818. The molecule has 0 bridgehead atoms. The topological polar surface area (TPSA) is 44.8 Å². The molecule has 1 unspecified atom stereocenters. The number of amides is 2. The number of ether oxygens (including phenoxy) is 1. The van der Waals surface area contributed by atoms with Gasteiger partial charge in [0.1, 0.15) is 5.75 Å². The lowest BCUT2D eigenvalue weighted by atomic mass is 10.1. The molecule has 21 heavy (non-hydrogen) atoms. The number of methoxy groups -OCH3 is 1. The molecule has 2 aliphatic heterocycles. The van der Waals surface area contributed by atoms with Crippen LogP contribution in [-0.2, 0) is 6.54 Å². The Morgan fingerprint density at radius 1 is 1.33 bits per heavy atom. The molecule has 0 saturated carbocycles. The minimum absolute atomic E-state index is 0.0347. The summed E-state index contributed by atoms with van der Waals surface area (Å²) in [5.41, 5.74) is 1.01. The van der Waals surface area contributed by atoms with Gasteiger partial charge in [0.05, 0.1) is 7.11 Å². The predicted octanol–water partition coefficient (Wildman–Crippen LogP) is 1.68. The minimum Gasteiger partial charge on any atom is -0.496 e. The van der Waals surface area contributed by atoms with E-state index in [1.54, 1.807) is 7.11 Å². The molecule has 2 saturated heterocycles. The Balaban J connectivity index is 1.54. The average Bonchev–Trinajstić information content (AvgIpc) is 3.00. The van der Waals surface area contributed by atoms with Gasteiger partial charge in [0.25, 0.3) is 0 Å². The summed E-state index contributed by atoms with van der Waals surface area (Å²) in [6.07, 6.45) is 2.48. The number of benzene rings is 1. The van der Waals surface area contributed by atoms with Crippen molar-refractivity contribution in [2.45, 2.75) is 25.4 Å². The van der Waals surface area contributed by atoms with Crippen molar-refractivity contribution in [2.75, 3.05) is 33.3 Å². The summed E-state index contributed by atoms with van der Waals surface area (Å²) >= 11 is 0. The first-order valence-electron chi connectivity index (χ1n) is 7.66. The van der Waals surface area contributed by atoms with Crippen molar-refractivity contribution >= 4 is 6.03 Å². The van der Waals surface area contributed by atoms with Crippen LogP contribution in [0.2, 0.25) is 0 Å². The summed E-state index contributed by atoms with van der Waals surface area (Å²) in [4.78, 5) is 16.8. The second-order valence-electron chi connectivity index (χ2n) is 5.75. The number of carbonyl (C=O) groups excluding carboxylic acids is 1. The number of fused-ring (bicyclic) bond motifs is 1. The number of hydrogen-bond acceptors (Lipinski definition) is 3. The van der Waals surface area contributed by atoms with Gasteiger partial charge in [0.15, 0.2) is 0 Å². The van der Waals surface area contributed by atoms with E-state index < -0.39 is 0 Å². The van der Waals surface area contributed by atoms with Gasteiger partial charge in [-0.2, -0.15) is 0 Å². The highest BCUT2D eigenvalue weighted by molar-refractivity contribution is 5.74. The lowest BCUT2D eigenvalue weighted by Crippen LogP contribution is -2.54. The predicted molar refractivity (Wildman–Crippen MR) is 81.4 cm³/mol. The van der Waals surface area contributed by atoms with Gasteiger partial charge >= 0.3 is 6.03 Å². The summed E-state index contributed by atoms with van der Waals surface area (Å²) < 4.78 is 5.31. The minimum atomic E-state index is 0.0347. The van der Waals surface area contributed by atoms with E-state index in [0.29, 0.717) is 12.6 Å². The Morgan fingerprint density at radius 2 is 2.19 bits per heavy atom. The van der Waals surface area contributed by atoms with Crippen LogP contribution in [-0.4, -0.2) is 55.2 Å². The van der Waals surface area contributed by atoms with Gasteiger partial charge < -0.3 is 15.0 Å². The van der Waals surface area contributed by atoms with Crippen LogP contribution in [0.3, 0.4) is 0 Å². The van der Waals surface area contributed by atoms with E-state index in [-0.39, 0.29) is 6.03 Å². The van der Waals surface area contributed by atoms with Gasteiger partial charge in [0.2, 0.25) is 0 Å². The maximum absolute atomic E-state index is 12.3. The molecule has 1 N–H and O–H groups in total. The van der Waals surface area contributed by atoms with Crippen molar-refractivity contribution in [3.8, 4) is 5.75 Å². The number of carbonyl (C=O) groups is 1. The molecule has 1 aromatic rings. The Labute approximate surface area is 125 Å². The van der Waals surface area contributed by atoms with Gasteiger partial charge in [-0.15, -0.1) is 0 Å². The number of nitrogens with one attached hydrogen (secondary N) is 1. The van der Waals surface area contributed by atoms with Crippen molar-refractivity contribution in [3.05, 3.63) is 29.8 Å². The zero-order valence-electron chi connectivity index (χ0n) is 12.5. The third-order valence-electron chi connectivity index (χ3n) is 4.50. The van der Waals surface area contributed by atoms with Crippen molar-refractivity contribution in [1.82, 2.24) is 15.1 Å². The molecule has 0 spiro atoms. The molecular formula is C16H23N3O2. The number of rotatable bonds is 3. The van der Waals surface area contributed by atoms with E-state index in [9.17, 15) is 4.79 Å². The molecule has 3 rings (SSSR count). The maximum Gasteiger partial charge on any atom is 0.317 e. The fraction of sp³-hybridized carbons (Fsp3) is 0.562. The summed E-state index contributed by atoms with van der Waals surface area (Å²) in [7, 11) is 1.65. The summed E-state index contributed by atoms with van der Waals surface area (Å²) in [6.45, 7) is 4.40. The fourth-order valence-electron chi connectivity index (χ4n) is 3.31. The van der Waals surface area contributed by atoms with Crippen LogP contribution in [0.5, 0.6) is 5.75 Å². The van der Waals surface area contributed by atoms with Gasteiger partial charge in [-0.1, -0.05) is 18.2 Å². The smallest absolute Gasteiger partial charge is 0.317 e. The van der Waals surface area contributed by atoms with Gasteiger partial charge in [0, 0.05) is 37.8 Å². The number of hydrogen-bond donors (Lipinski definition) is 1. The van der Waals surface area contributed by atoms with Gasteiger partial charge in [-0.3, -0.25) is 4.90 Å². The standard InChI is InChI=1S/C16H23N3O2/c1-21-15-7-3-2-5-13(15)11-17-16(20)19-10-9-18-8-4-6-14(18)12-19/h2-3,5,7,14H,4,6,8-12H2,1H3,(H,17,20). The van der Waals surface area contributed by atoms with E-state index in [2.05, 4.69) is 10.2 Å². The van der Waals surface area contributed by atoms with Crippen LogP contribution in [0.25, 0.3) is 0 Å². The van der Waals surface area contributed by atoms with E-state index in [1.165, 1.54) is 19.4 Å². The first-order valence-corrected chi connectivity index (χ1v) is 7.66. The molecule has 0 aromatic heterocycles. The normalized spacial score (nSPS) is 22.0. The van der Waals surface area contributed by atoms with Crippen molar-refractivity contribution in [1.29, 1.82) is 0 Å². The Morgan fingerprint density at radius 3 is 3.05 bits per heavy atom. The van der Waals surface area contributed by atoms with Crippen molar-refractivity contribution < 1.29 is 9.53 Å². The second-order valence-corrected chi connectivity index (χ2v) is 5.75. The Hall–Kier alpha value is -1.75. The van der Waals surface area contributed by atoms with E-state index >= 15 is 0 Å². The van der Waals surface area contributed by atoms with Crippen molar-refractivity contribution in [2.24, 2.45) is 0 Å². The van der Waals surface area contributed by atoms with Crippen LogP contribution in [0.15, 0.2) is 24.3 Å². The Bertz CT molecular complexity index is 506. The highest BCUT2D eigenvalue weighted by Crippen LogP contribution is 2.21. The molecule has 2 heterocycles. The molecular weight excluding hydrogens is 266 g/mol. The molecule has 5 heteroatoms.